The lowest BCUT2D eigenvalue weighted by atomic mass is 10.3. The third-order valence-corrected chi connectivity index (χ3v) is 2.05. The fourth-order valence-corrected chi connectivity index (χ4v) is 1.23. The van der Waals surface area contributed by atoms with Crippen LogP contribution < -0.4 is 10.6 Å². The van der Waals surface area contributed by atoms with Gasteiger partial charge in [0.25, 0.3) is 0 Å². The van der Waals surface area contributed by atoms with Crippen molar-refractivity contribution in [2.45, 2.75) is 19.4 Å². The van der Waals surface area contributed by atoms with Gasteiger partial charge in [-0.15, -0.1) is 0 Å². The maximum absolute atomic E-state index is 11.2. The van der Waals surface area contributed by atoms with Gasteiger partial charge in [-0.05, 0) is 19.5 Å². The zero-order chi connectivity index (χ0) is 10.9. The maximum Gasteiger partial charge on any atom is 0.221 e. The van der Waals surface area contributed by atoms with Gasteiger partial charge in [0.2, 0.25) is 5.91 Å². The van der Waals surface area contributed by atoms with E-state index in [4.69, 9.17) is 0 Å². The van der Waals surface area contributed by atoms with Crippen LogP contribution in [-0.2, 0) is 11.3 Å². The van der Waals surface area contributed by atoms with E-state index in [1.54, 1.807) is 6.20 Å². The van der Waals surface area contributed by atoms with Crippen LogP contribution in [0.2, 0.25) is 0 Å². The predicted octanol–water partition coefficient (Wildman–Crippen LogP) is -0.00110. The molecule has 1 aromatic rings. The average molecular weight is 210 g/mol. The Morgan fingerprint density at radius 1 is 1.47 bits per heavy atom. The Hall–Kier alpha value is -1.36. The molecule has 1 heterocycles. The lowest BCUT2D eigenvalue weighted by molar-refractivity contribution is -0.120. The van der Waals surface area contributed by atoms with Gasteiger partial charge in [-0.3, -0.25) is 9.48 Å². The van der Waals surface area contributed by atoms with E-state index in [2.05, 4.69) is 15.7 Å². The summed E-state index contributed by atoms with van der Waals surface area (Å²) in [6.07, 6.45) is 5.12. The first-order chi connectivity index (χ1) is 7.33. The van der Waals surface area contributed by atoms with E-state index in [1.165, 1.54) is 0 Å². The number of nitrogens with zero attached hydrogens (tertiary/aromatic N) is 2. The normalized spacial score (nSPS) is 10.2. The first-order valence-electron chi connectivity index (χ1n) is 5.21. The summed E-state index contributed by atoms with van der Waals surface area (Å²) in [5.41, 5.74) is 0. The first-order valence-corrected chi connectivity index (χ1v) is 5.21. The standard InChI is InChI=1S/C10H18N4O/c1-11-7-4-10(15)12-5-2-8-14-9-3-6-13-14/h3,6,9,11H,2,4-5,7-8H2,1H3,(H,12,15). The van der Waals surface area contributed by atoms with Gasteiger partial charge in [0, 0.05) is 38.4 Å². The topological polar surface area (TPSA) is 59.0 Å². The van der Waals surface area contributed by atoms with Gasteiger partial charge in [-0.2, -0.15) is 5.10 Å². The number of carbonyl (C=O) groups is 1. The molecule has 0 aliphatic heterocycles. The molecule has 0 fully saturated rings. The zero-order valence-electron chi connectivity index (χ0n) is 9.07. The minimum atomic E-state index is 0.102. The van der Waals surface area contributed by atoms with Crippen LogP contribution >= 0.6 is 0 Å². The minimum absolute atomic E-state index is 0.102. The van der Waals surface area contributed by atoms with Gasteiger partial charge >= 0.3 is 0 Å². The molecule has 84 valence electrons. The van der Waals surface area contributed by atoms with Crippen LogP contribution in [-0.4, -0.2) is 35.8 Å². The number of nitrogens with one attached hydrogen (secondary N) is 2. The monoisotopic (exact) mass is 210 g/mol. The Bertz CT molecular complexity index is 271. The number of rotatable bonds is 7. The predicted molar refractivity (Wildman–Crippen MR) is 58.4 cm³/mol. The number of amides is 1. The van der Waals surface area contributed by atoms with Gasteiger partial charge in [-0.25, -0.2) is 0 Å². The van der Waals surface area contributed by atoms with Gasteiger partial charge in [0.05, 0.1) is 0 Å². The van der Waals surface area contributed by atoms with Crippen molar-refractivity contribution in [1.82, 2.24) is 20.4 Å². The molecule has 0 aliphatic rings. The van der Waals surface area contributed by atoms with Crippen molar-refractivity contribution in [3.05, 3.63) is 18.5 Å². The fourth-order valence-electron chi connectivity index (χ4n) is 1.23. The largest absolute Gasteiger partial charge is 0.356 e. The van der Waals surface area contributed by atoms with E-state index in [-0.39, 0.29) is 5.91 Å². The Balaban J connectivity index is 1.99. The molecule has 0 aromatic carbocycles. The molecule has 0 unspecified atom stereocenters. The summed E-state index contributed by atoms with van der Waals surface area (Å²) >= 11 is 0. The summed E-state index contributed by atoms with van der Waals surface area (Å²) in [7, 11) is 1.84. The van der Waals surface area contributed by atoms with E-state index in [0.717, 1.165) is 19.5 Å². The smallest absolute Gasteiger partial charge is 0.221 e. The molecule has 1 amide bonds. The molecule has 0 aliphatic carbocycles. The summed E-state index contributed by atoms with van der Waals surface area (Å²) < 4.78 is 1.86. The highest BCUT2D eigenvalue weighted by Gasteiger charge is 1.98. The second-order valence-corrected chi connectivity index (χ2v) is 3.33. The number of hydrogen-bond donors (Lipinski definition) is 2. The zero-order valence-corrected chi connectivity index (χ0v) is 9.07. The summed E-state index contributed by atoms with van der Waals surface area (Å²) in [6.45, 7) is 2.28. The van der Waals surface area contributed by atoms with E-state index in [9.17, 15) is 4.79 Å². The lowest BCUT2D eigenvalue weighted by Crippen LogP contribution is -2.27. The molecule has 0 radical (unpaired) electrons. The molecule has 1 rings (SSSR count). The van der Waals surface area contributed by atoms with Crippen LogP contribution in [0.1, 0.15) is 12.8 Å². The molecule has 1 aromatic heterocycles. The highest BCUT2D eigenvalue weighted by atomic mass is 16.1. The molecular formula is C10H18N4O. The van der Waals surface area contributed by atoms with Crippen molar-refractivity contribution < 1.29 is 4.79 Å². The Kier molecular flexibility index (Phi) is 5.47. The molecular weight excluding hydrogens is 192 g/mol. The minimum Gasteiger partial charge on any atom is -0.356 e. The SMILES string of the molecule is CNCCC(=O)NCCCn1cccn1. The van der Waals surface area contributed by atoms with Crippen molar-refractivity contribution in [3.63, 3.8) is 0 Å². The summed E-state index contributed by atoms with van der Waals surface area (Å²) in [5, 5.41) is 9.87. The van der Waals surface area contributed by atoms with Crippen LogP contribution in [0, 0.1) is 0 Å². The Labute approximate surface area is 89.9 Å². The maximum atomic E-state index is 11.2. The van der Waals surface area contributed by atoms with E-state index in [0.29, 0.717) is 13.0 Å². The number of aryl methyl sites for hydroxylation is 1. The third-order valence-electron chi connectivity index (χ3n) is 2.05. The van der Waals surface area contributed by atoms with Crippen LogP contribution in [0.15, 0.2) is 18.5 Å². The van der Waals surface area contributed by atoms with Crippen molar-refractivity contribution in [3.8, 4) is 0 Å². The molecule has 5 nitrogen and oxygen atoms in total. The number of carbonyl (C=O) groups excluding carboxylic acids is 1. The molecule has 0 bridgehead atoms. The van der Waals surface area contributed by atoms with Crippen LogP contribution in [0.25, 0.3) is 0 Å². The third kappa shape index (κ3) is 5.17. The van der Waals surface area contributed by atoms with Gasteiger partial charge in [0.1, 0.15) is 0 Å². The fraction of sp³-hybridized carbons (Fsp3) is 0.600. The van der Waals surface area contributed by atoms with Crippen molar-refractivity contribution in [2.75, 3.05) is 20.1 Å². The average Bonchev–Trinajstić information content (AvgIpc) is 2.74. The molecule has 2 N–H and O–H groups in total. The van der Waals surface area contributed by atoms with Crippen molar-refractivity contribution in [2.24, 2.45) is 0 Å². The number of aromatic nitrogens is 2. The van der Waals surface area contributed by atoms with Crippen LogP contribution in [0.5, 0.6) is 0 Å². The highest BCUT2D eigenvalue weighted by molar-refractivity contribution is 5.75. The van der Waals surface area contributed by atoms with Crippen molar-refractivity contribution in [1.29, 1.82) is 0 Å². The molecule has 0 saturated heterocycles. The van der Waals surface area contributed by atoms with Gasteiger partial charge in [0.15, 0.2) is 0 Å². The quantitative estimate of drug-likeness (QED) is 0.623. The summed E-state index contributed by atoms with van der Waals surface area (Å²) in [4.78, 5) is 11.2. The van der Waals surface area contributed by atoms with Crippen LogP contribution in [0.4, 0.5) is 0 Å². The summed E-state index contributed by atoms with van der Waals surface area (Å²) in [5.74, 6) is 0.102. The summed E-state index contributed by atoms with van der Waals surface area (Å²) in [6, 6.07) is 1.89. The van der Waals surface area contributed by atoms with E-state index < -0.39 is 0 Å². The Morgan fingerprint density at radius 3 is 3.00 bits per heavy atom. The number of hydrogen-bond acceptors (Lipinski definition) is 3. The van der Waals surface area contributed by atoms with Gasteiger partial charge < -0.3 is 10.6 Å². The van der Waals surface area contributed by atoms with E-state index in [1.807, 2.05) is 24.0 Å². The van der Waals surface area contributed by atoms with Gasteiger partial charge in [-0.1, -0.05) is 0 Å². The lowest BCUT2D eigenvalue weighted by Gasteiger charge is -2.04. The first kappa shape index (κ1) is 11.7. The molecule has 5 heteroatoms. The Morgan fingerprint density at radius 2 is 2.33 bits per heavy atom. The molecule has 0 saturated carbocycles. The molecule has 15 heavy (non-hydrogen) atoms. The second-order valence-electron chi connectivity index (χ2n) is 3.33. The van der Waals surface area contributed by atoms with Crippen molar-refractivity contribution >= 4 is 5.91 Å². The van der Waals surface area contributed by atoms with E-state index >= 15 is 0 Å². The second kappa shape index (κ2) is 7.00. The molecule has 0 spiro atoms. The highest BCUT2D eigenvalue weighted by Crippen LogP contribution is 1.88. The molecule has 0 atom stereocenters. The van der Waals surface area contributed by atoms with Crippen LogP contribution in [0.3, 0.4) is 0 Å².